The van der Waals surface area contributed by atoms with Gasteiger partial charge in [-0.15, -0.1) is 12.4 Å². The molecule has 0 unspecified atom stereocenters. The lowest BCUT2D eigenvalue weighted by atomic mass is 9.97. The van der Waals surface area contributed by atoms with E-state index in [1.54, 1.807) is 6.07 Å². The number of benzene rings is 1. The molecule has 1 heterocycles. The van der Waals surface area contributed by atoms with Gasteiger partial charge in [-0.05, 0) is 50.6 Å². The molecule has 1 aromatic carbocycles. The van der Waals surface area contributed by atoms with E-state index in [1.165, 1.54) is 0 Å². The maximum Gasteiger partial charge on any atom is 0.251 e. The smallest absolute Gasteiger partial charge is 0.251 e. The molecular weight excluding hydrogens is 302 g/mol. The van der Waals surface area contributed by atoms with Crippen molar-refractivity contribution >= 4 is 24.2 Å². The summed E-state index contributed by atoms with van der Waals surface area (Å²) in [6.45, 7) is 4.78. The molecule has 2 amide bonds. The van der Waals surface area contributed by atoms with E-state index in [2.05, 4.69) is 16.0 Å². The summed E-state index contributed by atoms with van der Waals surface area (Å²) < 4.78 is 0. The van der Waals surface area contributed by atoms with Gasteiger partial charge < -0.3 is 16.0 Å². The molecule has 1 aliphatic rings. The fourth-order valence-corrected chi connectivity index (χ4v) is 2.50. The van der Waals surface area contributed by atoms with E-state index in [4.69, 9.17) is 0 Å². The molecule has 1 aromatic rings. The molecule has 0 aromatic heterocycles. The molecule has 22 heavy (non-hydrogen) atoms. The Bertz CT molecular complexity index is 502. The van der Waals surface area contributed by atoms with Crippen molar-refractivity contribution in [2.45, 2.75) is 26.3 Å². The third kappa shape index (κ3) is 5.31. The van der Waals surface area contributed by atoms with E-state index in [1.807, 2.05) is 25.1 Å². The predicted octanol–water partition coefficient (Wildman–Crippen LogP) is 1.47. The normalized spacial score (nSPS) is 14.8. The fraction of sp³-hybridized carbons (Fsp3) is 0.500. The maximum atomic E-state index is 12.1. The second-order valence-electron chi connectivity index (χ2n) is 5.30. The minimum Gasteiger partial charge on any atom is -0.352 e. The van der Waals surface area contributed by atoms with E-state index < -0.39 is 0 Å². The Labute approximate surface area is 137 Å². The first kappa shape index (κ1) is 18.5. The monoisotopic (exact) mass is 325 g/mol. The number of piperidine rings is 1. The first-order valence-electron chi connectivity index (χ1n) is 7.56. The molecule has 0 spiro atoms. The minimum atomic E-state index is -0.0796. The van der Waals surface area contributed by atoms with Crippen LogP contribution < -0.4 is 16.0 Å². The van der Waals surface area contributed by atoms with Gasteiger partial charge in [0.15, 0.2) is 0 Å². The molecular formula is C16H24ClN3O2. The Balaban J connectivity index is 0.00000242. The Hall–Kier alpha value is -1.59. The summed E-state index contributed by atoms with van der Waals surface area (Å²) >= 11 is 0. The largest absolute Gasteiger partial charge is 0.352 e. The molecule has 1 fully saturated rings. The highest BCUT2D eigenvalue weighted by atomic mass is 35.5. The van der Waals surface area contributed by atoms with Gasteiger partial charge in [0, 0.05) is 24.6 Å². The summed E-state index contributed by atoms with van der Waals surface area (Å²) in [4.78, 5) is 23.9. The highest BCUT2D eigenvalue weighted by Gasteiger charge is 2.20. The fourth-order valence-electron chi connectivity index (χ4n) is 2.50. The number of rotatable bonds is 5. The van der Waals surface area contributed by atoms with Crippen LogP contribution in [-0.2, 0) is 11.3 Å². The van der Waals surface area contributed by atoms with E-state index in [-0.39, 0.29) is 30.1 Å². The first-order chi connectivity index (χ1) is 10.2. The lowest BCUT2D eigenvalue weighted by Crippen LogP contribution is -2.37. The number of hydrogen-bond donors (Lipinski definition) is 3. The third-order valence-corrected chi connectivity index (χ3v) is 3.70. The van der Waals surface area contributed by atoms with Crippen LogP contribution in [0.15, 0.2) is 24.3 Å². The Morgan fingerprint density at radius 1 is 1.23 bits per heavy atom. The van der Waals surface area contributed by atoms with Crippen molar-refractivity contribution in [3.8, 4) is 0 Å². The van der Waals surface area contributed by atoms with Crippen molar-refractivity contribution in [2.24, 2.45) is 5.92 Å². The second kappa shape index (κ2) is 9.43. The van der Waals surface area contributed by atoms with Gasteiger partial charge in [-0.2, -0.15) is 0 Å². The van der Waals surface area contributed by atoms with E-state index in [9.17, 15) is 9.59 Å². The van der Waals surface area contributed by atoms with Crippen molar-refractivity contribution in [1.82, 2.24) is 16.0 Å². The summed E-state index contributed by atoms with van der Waals surface area (Å²) in [5, 5.41) is 8.99. The van der Waals surface area contributed by atoms with Crippen LogP contribution in [0.25, 0.3) is 0 Å². The van der Waals surface area contributed by atoms with Crippen LogP contribution in [0.2, 0.25) is 0 Å². The van der Waals surface area contributed by atoms with Gasteiger partial charge in [0.05, 0.1) is 0 Å². The van der Waals surface area contributed by atoms with Crippen LogP contribution in [0.4, 0.5) is 0 Å². The molecule has 0 saturated carbocycles. The molecule has 122 valence electrons. The first-order valence-corrected chi connectivity index (χ1v) is 7.56. The average Bonchev–Trinajstić information content (AvgIpc) is 2.54. The molecule has 5 nitrogen and oxygen atoms in total. The van der Waals surface area contributed by atoms with E-state index in [0.29, 0.717) is 18.7 Å². The standard InChI is InChI=1S/C16H23N3O2.ClH/c1-2-18-16(21)14-5-3-4-12(10-14)11-19-15(20)13-6-8-17-9-7-13;/h3-5,10,13,17H,2,6-9,11H2,1H3,(H,18,21)(H,19,20);1H. The van der Waals surface area contributed by atoms with Crippen molar-refractivity contribution in [2.75, 3.05) is 19.6 Å². The van der Waals surface area contributed by atoms with Gasteiger partial charge in [0.2, 0.25) is 5.91 Å². The number of nitrogens with one attached hydrogen (secondary N) is 3. The number of hydrogen-bond acceptors (Lipinski definition) is 3. The van der Waals surface area contributed by atoms with Crippen molar-refractivity contribution in [1.29, 1.82) is 0 Å². The van der Waals surface area contributed by atoms with Crippen LogP contribution in [-0.4, -0.2) is 31.4 Å². The lowest BCUT2D eigenvalue weighted by Gasteiger charge is -2.21. The second-order valence-corrected chi connectivity index (χ2v) is 5.30. The molecule has 2 rings (SSSR count). The van der Waals surface area contributed by atoms with Crippen LogP contribution in [0, 0.1) is 5.92 Å². The maximum absolute atomic E-state index is 12.1. The topological polar surface area (TPSA) is 70.2 Å². The minimum absolute atomic E-state index is 0. The van der Waals surface area contributed by atoms with Gasteiger partial charge >= 0.3 is 0 Å². The average molecular weight is 326 g/mol. The molecule has 1 saturated heterocycles. The van der Waals surface area contributed by atoms with E-state index >= 15 is 0 Å². The summed E-state index contributed by atoms with van der Waals surface area (Å²) in [5.41, 5.74) is 1.58. The summed E-state index contributed by atoms with van der Waals surface area (Å²) in [6, 6.07) is 7.37. The van der Waals surface area contributed by atoms with Crippen molar-refractivity contribution < 1.29 is 9.59 Å². The van der Waals surface area contributed by atoms with E-state index in [0.717, 1.165) is 31.5 Å². The van der Waals surface area contributed by atoms with Crippen LogP contribution in [0.1, 0.15) is 35.7 Å². The SMILES string of the molecule is CCNC(=O)c1cccc(CNC(=O)C2CCNCC2)c1.Cl. The molecule has 1 aliphatic heterocycles. The van der Waals surface area contributed by atoms with Crippen molar-refractivity contribution in [3.05, 3.63) is 35.4 Å². The zero-order valence-corrected chi connectivity index (χ0v) is 13.7. The highest BCUT2D eigenvalue weighted by molar-refractivity contribution is 5.94. The zero-order valence-electron chi connectivity index (χ0n) is 12.9. The molecule has 0 bridgehead atoms. The van der Waals surface area contributed by atoms with Crippen LogP contribution in [0.5, 0.6) is 0 Å². The molecule has 0 atom stereocenters. The van der Waals surface area contributed by atoms with Crippen LogP contribution in [0.3, 0.4) is 0 Å². The Kier molecular flexibility index (Phi) is 7.91. The molecule has 6 heteroatoms. The van der Waals surface area contributed by atoms with Crippen molar-refractivity contribution in [3.63, 3.8) is 0 Å². The Morgan fingerprint density at radius 3 is 2.64 bits per heavy atom. The van der Waals surface area contributed by atoms with Gasteiger partial charge in [-0.25, -0.2) is 0 Å². The molecule has 0 radical (unpaired) electrons. The summed E-state index contributed by atoms with van der Waals surface area (Å²) in [5.74, 6) is 0.141. The lowest BCUT2D eigenvalue weighted by molar-refractivity contribution is -0.125. The van der Waals surface area contributed by atoms with Gasteiger partial charge in [0.25, 0.3) is 5.91 Å². The van der Waals surface area contributed by atoms with Crippen LogP contribution >= 0.6 is 12.4 Å². The third-order valence-electron chi connectivity index (χ3n) is 3.70. The van der Waals surface area contributed by atoms with Gasteiger partial charge in [-0.1, -0.05) is 12.1 Å². The number of amides is 2. The van der Waals surface area contributed by atoms with Gasteiger partial charge in [0.1, 0.15) is 0 Å². The molecule has 0 aliphatic carbocycles. The van der Waals surface area contributed by atoms with Gasteiger partial charge in [-0.3, -0.25) is 9.59 Å². The number of halogens is 1. The predicted molar refractivity (Wildman–Crippen MR) is 89.1 cm³/mol. The molecule has 3 N–H and O–H groups in total. The number of carbonyl (C=O) groups excluding carboxylic acids is 2. The Morgan fingerprint density at radius 2 is 1.95 bits per heavy atom. The summed E-state index contributed by atoms with van der Waals surface area (Å²) in [6.07, 6.45) is 1.79. The number of carbonyl (C=O) groups is 2. The quantitative estimate of drug-likeness (QED) is 0.768. The summed E-state index contributed by atoms with van der Waals surface area (Å²) in [7, 11) is 0. The zero-order chi connectivity index (χ0) is 15.1. The highest BCUT2D eigenvalue weighted by Crippen LogP contribution is 2.12.